The first-order valence-corrected chi connectivity index (χ1v) is 5.37. The minimum absolute atomic E-state index is 0.299. The predicted octanol–water partition coefficient (Wildman–Crippen LogP) is 3.01. The Morgan fingerprint density at radius 1 is 1.33 bits per heavy atom. The second-order valence-corrected chi connectivity index (χ2v) is 5.15. The van der Waals surface area contributed by atoms with Crippen molar-refractivity contribution in [1.82, 2.24) is 0 Å². The van der Waals surface area contributed by atoms with E-state index in [1.807, 2.05) is 17.8 Å². The Morgan fingerprint density at radius 3 is 2.42 bits per heavy atom. The molecular weight excluding hydrogens is 168 g/mol. The average molecular weight is 184 g/mol. The van der Waals surface area contributed by atoms with Crippen molar-refractivity contribution < 1.29 is 4.79 Å². The zero-order chi connectivity index (χ0) is 9.14. The highest BCUT2D eigenvalue weighted by Gasteiger charge is 2.16. The SMILES string of the molecule is CC(C)C(C)SC1=CC(=O)CC1. The molecule has 2 heteroatoms. The van der Waals surface area contributed by atoms with E-state index in [-0.39, 0.29) is 0 Å². The normalized spacial score (nSPS) is 20.0. The third-order valence-corrected chi connectivity index (χ3v) is 3.76. The third kappa shape index (κ3) is 2.67. The number of hydrogen-bond donors (Lipinski definition) is 0. The molecule has 1 rings (SSSR count). The van der Waals surface area contributed by atoms with Crippen LogP contribution in [0.3, 0.4) is 0 Å². The van der Waals surface area contributed by atoms with E-state index in [0.29, 0.717) is 17.0 Å². The van der Waals surface area contributed by atoms with Crippen LogP contribution in [0.25, 0.3) is 0 Å². The second-order valence-electron chi connectivity index (χ2n) is 3.64. The molecule has 0 aromatic rings. The average Bonchev–Trinajstić information content (AvgIpc) is 2.35. The molecule has 0 saturated heterocycles. The monoisotopic (exact) mass is 184 g/mol. The summed E-state index contributed by atoms with van der Waals surface area (Å²) in [4.78, 5) is 12.2. The number of hydrogen-bond acceptors (Lipinski definition) is 2. The van der Waals surface area contributed by atoms with Crippen molar-refractivity contribution in [3.05, 3.63) is 11.0 Å². The van der Waals surface area contributed by atoms with E-state index < -0.39 is 0 Å². The van der Waals surface area contributed by atoms with Crippen molar-refractivity contribution >= 4 is 17.5 Å². The van der Waals surface area contributed by atoms with Crippen molar-refractivity contribution in [2.24, 2.45) is 5.92 Å². The molecule has 0 bridgehead atoms. The number of rotatable bonds is 3. The molecule has 0 fully saturated rings. The van der Waals surface area contributed by atoms with Gasteiger partial charge in [0.05, 0.1) is 0 Å². The van der Waals surface area contributed by atoms with Crippen LogP contribution < -0.4 is 0 Å². The third-order valence-electron chi connectivity index (χ3n) is 2.22. The molecule has 1 aliphatic carbocycles. The fourth-order valence-electron chi connectivity index (χ4n) is 1.04. The molecule has 0 saturated carbocycles. The Morgan fingerprint density at radius 2 is 2.00 bits per heavy atom. The van der Waals surface area contributed by atoms with Crippen molar-refractivity contribution in [2.75, 3.05) is 0 Å². The molecule has 0 heterocycles. The molecular formula is C10H16OS. The molecule has 0 spiro atoms. The van der Waals surface area contributed by atoms with E-state index in [4.69, 9.17) is 0 Å². The van der Waals surface area contributed by atoms with Crippen LogP contribution in [0.2, 0.25) is 0 Å². The fourth-order valence-corrected chi connectivity index (χ4v) is 2.21. The lowest BCUT2D eigenvalue weighted by Gasteiger charge is -2.14. The summed E-state index contributed by atoms with van der Waals surface area (Å²) in [5, 5.41) is 0.627. The Labute approximate surface area is 78.6 Å². The van der Waals surface area contributed by atoms with E-state index >= 15 is 0 Å². The highest BCUT2D eigenvalue weighted by atomic mass is 32.2. The van der Waals surface area contributed by atoms with Crippen LogP contribution in [-0.4, -0.2) is 11.0 Å². The lowest BCUT2D eigenvalue weighted by atomic mass is 10.2. The maximum absolute atomic E-state index is 10.9. The Bertz CT molecular complexity index is 206. The van der Waals surface area contributed by atoms with Gasteiger partial charge in [-0.15, -0.1) is 11.8 Å². The summed E-state index contributed by atoms with van der Waals surface area (Å²) in [6.45, 7) is 6.66. The second kappa shape index (κ2) is 4.13. The summed E-state index contributed by atoms with van der Waals surface area (Å²) in [6, 6.07) is 0. The Hall–Kier alpha value is -0.240. The smallest absolute Gasteiger partial charge is 0.156 e. The molecule has 0 amide bonds. The molecule has 1 aliphatic rings. The van der Waals surface area contributed by atoms with Gasteiger partial charge in [-0.1, -0.05) is 20.8 Å². The van der Waals surface area contributed by atoms with Crippen molar-refractivity contribution in [3.63, 3.8) is 0 Å². The summed E-state index contributed by atoms with van der Waals surface area (Å²) in [7, 11) is 0. The molecule has 0 aliphatic heterocycles. The first-order valence-electron chi connectivity index (χ1n) is 4.49. The maximum Gasteiger partial charge on any atom is 0.156 e. The molecule has 12 heavy (non-hydrogen) atoms. The van der Waals surface area contributed by atoms with Crippen LogP contribution in [0.1, 0.15) is 33.6 Å². The topological polar surface area (TPSA) is 17.1 Å². The minimum Gasteiger partial charge on any atom is -0.295 e. The number of thioether (sulfide) groups is 1. The van der Waals surface area contributed by atoms with E-state index in [0.717, 1.165) is 12.8 Å². The quantitative estimate of drug-likeness (QED) is 0.670. The van der Waals surface area contributed by atoms with Gasteiger partial charge in [-0.3, -0.25) is 4.79 Å². The van der Waals surface area contributed by atoms with Gasteiger partial charge in [0.1, 0.15) is 0 Å². The van der Waals surface area contributed by atoms with Gasteiger partial charge in [0.25, 0.3) is 0 Å². The molecule has 0 aromatic carbocycles. The first kappa shape index (κ1) is 9.85. The summed E-state index contributed by atoms with van der Waals surface area (Å²) in [6.07, 6.45) is 3.51. The van der Waals surface area contributed by atoms with Gasteiger partial charge >= 0.3 is 0 Å². The predicted molar refractivity (Wildman–Crippen MR) is 54.2 cm³/mol. The molecule has 0 radical (unpaired) electrons. The lowest BCUT2D eigenvalue weighted by molar-refractivity contribution is -0.114. The first-order chi connectivity index (χ1) is 5.59. The summed E-state index contributed by atoms with van der Waals surface area (Å²) in [5.74, 6) is 0.986. The molecule has 1 unspecified atom stereocenters. The molecule has 0 N–H and O–H groups in total. The van der Waals surface area contributed by atoms with Gasteiger partial charge in [-0.2, -0.15) is 0 Å². The van der Waals surface area contributed by atoms with Crippen LogP contribution in [0, 0.1) is 5.92 Å². The largest absolute Gasteiger partial charge is 0.295 e. The van der Waals surface area contributed by atoms with E-state index in [1.54, 1.807) is 0 Å². The van der Waals surface area contributed by atoms with Gasteiger partial charge < -0.3 is 0 Å². The molecule has 0 aromatic heterocycles. The van der Waals surface area contributed by atoms with Crippen LogP contribution in [0.4, 0.5) is 0 Å². The number of allylic oxidation sites excluding steroid dienone is 2. The molecule has 1 nitrogen and oxygen atoms in total. The minimum atomic E-state index is 0.299. The Balaban J connectivity index is 2.41. The number of carbonyl (C=O) groups excluding carboxylic acids is 1. The van der Waals surface area contributed by atoms with E-state index in [2.05, 4.69) is 20.8 Å². The van der Waals surface area contributed by atoms with Crippen molar-refractivity contribution in [2.45, 2.75) is 38.9 Å². The lowest BCUT2D eigenvalue weighted by Crippen LogP contribution is -2.05. The zero-order valence-electron chi connectivity index (χ0n) is 7.96. The summed E-state index contributed by atoms with van der Waals surface area (Å²) < 4.78 is 0. The Kier molecular flexibility index (Phi) is 3.39. The van der Waals surface area contributed by atoms with Crippen molar-refractivity contribution in [3.8, 4) is 0 Å². The van der Waals surface area contributed by atoms with Crippen LogP contribution in [-0.2, 0) is 4.79 Å². The fraction of sp³-hybridized carbons (Fsp3) is 0.700. The summed E-state index contributed by atoms with van der Waals surface area (Å²) >= 11 is 1.86. The van der Waals surface area contributed by atoms with Crippen LogP contribution in [0.5, 0.6) is 0 Å². The van der Waals surface area contributed by atoms with Crippen LogP contribution >= 0.6 is 11.8 Å². The standard InChI is InChI=1S/C10H16OS/c1-7(2)8(3)12-10-5-4-9(11)6-10/h6-8H,4-5H2,1-3H3. The number of carbonyl (C=O) groups is 1. The highest BCUT2D eigenvalue weighted by molar-refractivity contribution is 8.03. The van der Waals surface area contributed by atoms with E-state index in [9.17, 15) is 4.79 Å². The van der Waals surface area contributed by atoms with Gasteiger partial charge in [0, 0.05) is 11.7 Å². The zero-order valence-corrected chi connectivity index (χ0v) is 8.78. The molecule has 68 valence electrons. The van der Waals surface area contributed by atoms with Gasteiger partial charge in [-0.05, 0) is 23.3 Å². The number of ketones is 1. The van der Waals surface area contributed by atoms with Crippen molar-refractivity contribution in [1.29, 1.82) is 0 Å². The van der Waals surface area contributed by atoms with Gasteiger partial charge in [-0.25, -0.2) is 0 Å². The summed E-state index contributed by atoms with van der Waals surface area (Å²) in [5.41, 5.74) is 0. The highest BCUT2D eigenvalue weighted by Crippen LogP contribution is 2.32. The van der Waals surface area contributed by atoms with Gasteiger partial charge in [0.2, 0.25) is 0 Å². The maximum atomic E-state index is 10.9. The van der Waals surface area contributed by atoms with E-state index in [1.165, 1.54) is 4.91 Å². The van der Waals surface area contributed by atoms with Crippen LogP contribution in [0.15, 0.2) is 11.0 Å². The van der Waals surface area contributed by atoms with Gasteiger partial charge in [0.15, 0.2) is 5.78 Å². The molecule has 1 atom stereocenters.